The lowest BCUT2D eigenvalue weighted by molar-refractivity contribution is -0.131. The first kappa shape index (κ1) is 18.7. The fourth-order valence-electron chi connectivity index (χ4n) is 3.03. The molecule has 1 unspecified atom stereocenters. The number of rotatable bonds is 6. The van der Waals surface area contributed by atoms with Crippen LogP contribution in [-0.4, -0.2) is 23.3 Å². The standard InChI is InChI=1S/C21H26N2O2/c1-15-12-16(2)14-20(13-15)22-21(25)10-11-23(18(4)24)17(3)19-8-6-5-7-9-19/h5-9,12-14,17H,10-11H2,1-4H3,(H,22,25). The van der Waals surface area contributed by atoms with Crippen LogP contribution in [0.15, 0.2) is 48.5 Å². The zero-order chi connectivity index (χ0) is 18.4. The summed E-state index contributed by atoms with van der Waals surface area (Å²) in [6.07, 6.45) is 0.268. The van der Waals surface area contributed by atoms with E-state index in [-0.39, 0.29) is 24.3 Å². The number of nitrogens with one attached hydrogen (secondary N) is 1. The summed E-state index contributed by atoms with van der Waals surface area (Å²) >= 11 is 0. The molecule has 0 radical (unpaired) electrons. The number of amides is 2. The van der Waals surface area contributed by atoms with E-state index in [0.717, 1.165) is 22.4 Å². The summed E-state index contributed by atoms with van der Waals surface area (Å²) in [4.78, 5) is 26.0. The molecule has 2 aromatic carbocycles. The molecule has 1 N–H and O–H groups in total. The highest BCUT2D eigenvalue weighted by Gasteiger charge is 2.19. The molecule has 0 heterocycles. The van der Waals surface area contributed by atoms with Crippen LogP contribution in [0.25, 0.3) is 0 Å². The average molecular weight is 338 g/mol. The molecule has 2 amide bonds. The van der Waals surface area contributed by atoms with Crippen molar-refractivity contribution in [3.8, 4) is 0 Å². The van der Waals surface area contributed by atoms with E-state index in [9.17, 15) is 9.59 Å². The molecular weight excluding hydrogens is 312 g/mol. The maximum Gasteiger partial charge on any atom is 0.226 e. The quantitative estimate of drug-likeness (QED) is 0.856. The topological polar surface area (TPSA) is 49.4 Å². The highest BCUT2D eigenvalue weighted by molar-refractivity contribution is 5.91. The second-order valence-electron chi connectivity index (χ2n) is 6.47. The lowest BCUT2D eigenvalue weighted by Gasteiger charge is -2.28. The van der Waals surface area contributed by atoms with Gasteiger partial charge in [-0.2, -0.15) is 0 Å². The van der Waals surface area contributed by atoms with Crippen molar-refractivity contribution in [1.29, 1.82) is 0 Å². The van der Waals surface area contributed by atoms with Crippen molar-refractivity contribution in [3.63, 3.8) is 0 Å². The molecule has 1 atom stereocenters. The Morgan fingerprint density at radius 3 is 2.20 bits per heavy atom. The molecule has 0 fully saturated rings. The van der Waals surface area contributed by atoms with Gasteiger partial charge in [0.1, 0.15) is 0 Å². The molecule has 0 aliphatic heterocycles. The summed E-state index contributed by atoms with van der Waals surface area (Å²) in [6.45, 7) is 7.92. The van der Waals surface area contributed by atoms with Gasteiger partial charge in [0, 0.05) is 25.6 Å². The molecule has 25 heavy (non-hydrogen) atoms. The number of carbonyl (C=O) groups is 2. The van der Waals surface area contributed by atoms with E-state index in [1.807, 2.05) is 63.2 Å². The molecule has 0 aromatic heterocycles. The first-order chi connectivity index (χ1) is 11.9. The van der Waals surface area contributed by atoms with Crippen LogP contribution in [0, 0.1) is 13.8 Å². The van der Waals surface area contributed by atoms with Gasteiger partial charge in [-0.25, -0.2) is 0 Å². The fourth-order valence-corrected chi connectivity index (χ4v) is 3.03. The molecule has 0 saturated carbocycles. The third-order valence-electron chi connectivity index (χ3n) is 4.24. The summed E-state index contributed by atoms with van der Waals surface area (Å²) in [7, 11) is 0. The number of benzene rings is 2. The zero-order valence-corrected chi connectivity index (χ0v) is 15.4. The van der Waals surface area contributed by atoms with Crippen LogP contribution in [0.5, 0.6) is 0 Å². The Labute approximate surface area is 149 Å². The van der Waals surface area contributed by atoms with Gasteiger partial charge in [-0.3, -0.25) is 9.59 Å². The third kappa shape index (κ3) is 5.45. The van der Waals surface area contributed by atoms with Crippen molar-refractivity contribution >= 4 is 17.5 Å². The summed E-state index contributed by atoms with van der Waals surface area (Å²) in [6, 6.07) is 15.7. The summed E-state index contributed by atoms with van der Waals surface area (Å²) in [5, 5.41) is 2.92. The molecule has 4 heteroatoms. The van der Waals surface area contributed by atoms with Crippen LogP contribution < -0.4 is 5.32 Å². The Hall–Kier alpha value is -2.62. The summed E-state index contributed by atoms with van der Waals surface area (Å²) in [5.41, 5.74) is 4.08. The Morgan fingerprint density at radius 2 is 1.64 bits per heavy atom. The number of anilines is 1. The van der Waals surface area contributed by atoms with Gasteiger partial charge in [0.05, 0.1) is 6.04 Å². The van der Waals surface area contributed by atoms with E-state index >= 15 is 0 Å². The molecule has 4 nitrogen and oxygen atoms in total. The minimum absolute atomic E-state index is 0.0319. The number of carbonyl (C=O) groups excluding carboxylic acids is 2. The maximum atomic E-state index is 12.3. The van der Waals surface area contributed by atoms with Gasteiger partial charge in [-0.1, -0.05) is 36.4 Å². The molecule has 2 rings (SSSR count). The molecule has 0 saturated heterocycles. The molecule has 0 aliphatic carbocycles. The molecule has 2 aromatic rings. The van der Waals surface area contributed by atoms with E-state index in [1.165, 1.54) is 0 Å². The van der Waals surface area contributed by atoms with Crippen molar-refractivity contribution in [3.05, 3.63) is 65.2 Å². The highest BCUT2D eigenvalue weighted by atomic mass is 16.2. The Balaban J connectivity index is 1.98. The second-order valence-corrected chi connectivity index (χ2v) is 6.47. The first-order valence-electron chi connectivity index (χ1n) is 8.57. The van der Waals surface area contributed by atoms with E-state index in [2.05, 4.69) is 11.4 Å². The third-order valence-corrected chi connectivity index (χ3v) is 4.24. The van der Waals surface area contributed by atoms with Gasteiger partial charge in [0.25, 0.3) is 0 Å². The van der Waals surface area contributed by atoms with Gasteiger partial charge in [-0.15, -0.1) is 0 Å². The monoisotopic (exact) mass is 338 g/mol. The Kier molecular flexibility index (Phi) is 6.34. The van der Waals surface area contributed by atoms with Crippen LogP contribution in [0.3, 0.4) is 0 Å². The Morgan fingerprint density at radius 1 is 1.04 bits per heavy atom. The number of hydrogen-bond donors (Lipinski definition) is 1. The van der Waals surface area contributed by atoms with Gasteiger partial charge < -0.3 is 10.2 Å². The number of nitrogens with zero attached hydrogens (tertiary/aromatic N) is 1. The van der Waals surface area contributed by atoms with Crippen LogP contribution in [-0.2, 0) is 9.59 Å². The number of aryl methyl sites for hydroxylation is 2. The second kappa shape index (κ2) is 8.47. The minimum atomic E-state index is -0.0866. The van der Waals surface area contributed by atoms with Gasteiger partial charge >= 0.3 is 0 Å². The van der Waals surface area contributed by atoms with E-state index in [1.54, 1.807) is 11.8 Å². The van der Waals surface area contributed by atoms with Gasteiger partial charge in [0.15, 0.2) is 0 Å². The molecule has 132 valence electrons. The van der Waals surface area contributed by atoms with Crippen molar-refractivity contribution in [2.75, 3.05) is 11.9 Å². The van der Waals surface area contributed by atoms with Crippen molar-refractivity contribution in [1.82, 2.24) is 4.90 Å². The molecule has 0 aliphatic rings. The van der Waals surface area contributed by atoms with Crippen molar-refractivity contribution in [2.45, 2.75) is 40.2 Å². The normalized spacial score (nSPS) is 11.7. The lowest BCUT2D eigenvalue weighted by Crippen LogP contribution is -2.34. The highest BCUT2D eigenvalue weighted by Crippen LogP contribution is 2.20. The van der Waals surface area contributed by atoms with Gasteiger partial charge in [-0.05, 0) is 49.6 Å². The van der Waals surface area contributed by atoms with Crippen LogP contribution in [0.2, 0.25) is 0 Å². The molecular formula is C21H26N2O2. The largest absolute Gasteiger partial charge is 0.336 e. The van der Waals surface area contributed by atoms with E-state index < -0.39 is 0 Å². The zero-order valence-electron chi connectivity index (χ0n) is 15.4. The van der Waals surface area contributed by atoms with Crippen LogP contribution in [0.4, 0.5) is 5.69 Å². The van der Waals surface area contributed by atoms with Crippen molar-refractivity contribution in [2.24, 2.45) is 0 Å². The maximum absolute atomic E-state index is 12.3. The van der Waals surface area contributed by atoms with Crippen LogP contribution >= 0.6 is 0 Å². The number of hydrogen-bond acceptors (Lipinski definition) is 2. The average Bonchev–Trinajstić information content (AvgIpc) is 2.54. The predicted molar refractivity (Wildman–Crippen MR) is 101 cm³/mol. The summed E-state index contributed by atoms with van der Waals surface area (Å²) < 4.78 is 0. The van der Waals surface area contributed by atoms with Crippen LogP contribution in [0.1, 0.15) is 43.0 Å². The van der Waals surface area contributed by atoms with Gasteiger partial charge in [0.2, 0.25) is 11.8 Å². The van der Waals surface area contributed by atoms with E-state index in [0.29, 0.717) is 6.54 Å². The summed E-state index contributed by atoms with van der Waals surface area (Å²) in [5.74, 6) is -0.118. The molecule has 0 bridgehead atoms. The predicted octanol–water partition coefficient (Wildman–Crippen LogP) is 4.24. The fraction of sp³-hybridized carbons (Fsp3) is 0.333. The lowest BCUT2D eigenvalue weighted by atomic mass is 10.1. The van der Waals surface area contributed by atoms with Crippen molar-refractivity contribution < 1.29 is 9.59 Å². The Bertz CT molecular complexity index is 721. The smallest absolute Gasteiger partial charge is 0.226 e. The van der Waals surface area contributed by atoms with E-state index in [4.69, 9.17) is 0 Å². The first-order valence-corrected chi connectivity index (χ1v) is 8.57. The SMILES string of the molecule is CC(=O)N(CCC(=O)Nc1cc(C)cc(C)c1)C(C)c1ccccc1. The minimum Gasteiger partial charge on any atom is -0.336 e. The molecule has 0 spiro atoms.